The first kappa shape index (κ1) is 13.4. The first-order chi connectivity index (χ1) is 10.3. The van der Waals surface area contributed by atoms with Crippen molar-refractivity contribution in [2.45, 2.75) is 19.3 Å². The summed E-state index contributed by atoms with van der Waals surface area (Å²) in [6.07, 6.45) is 0.973. The summed E-state index contributed by atoms with van der Waals surface area (Å²) in [7, 11) is 0. The Morgan fingerprint density at radius 2 is 1.76 bits per heavy atom. The standard InChI is InChI=1S/C17H18N4/c1-2-15(12-6-4-3-5-7-12)17-19-16(20-21-17)13-8-10-14(18)11-9-13/h3-11,15H,2,18H2,1H3,(H,19,20,21). The van der Waals surface area contributed by atoms with Crippen LogP contribution in [-0.2, 0) is 0 Å². The molecule has 0 bridgehead atoms. The molecule has 0 aliphatic rings. The van der Waals surface area contributed by atoms with Crippen molar-refractivity contribution in [3.63, 3.8) is 0 Å². The van der Waals surface area contributed by atoms with Gasteiger partial charge in [0.2, 0.25) is 0 Å². The number of H-pyrrole nitrogens is 1. The van der Waals surface area contributed by atoms with E-state index in [4.69, 9.17) is 5.73 Å². The lowest BCUT2D eigenvalue weighted by Crippen LogP contribution is -2.01. The highest BCUT2D eigenvalue weighted by molar-refractivity contribution is 5.58. The molecule has 0 aliphatic heterocycles. The molecule has 0 saturated heterocycles. The average Bonchev–Trinajstić information content (AvgIpc) is 2.99. The van der Waals surface area contributed by atoms with Crippen LogP contribution in [0.1, 0.15) is 30.7 Å². The summed E-state index contributed by atoms with van der Waals surface area (Å²) in [5, 5.41) is 7.41. The lowest BCUT2D eigenvalue weighted by molar-refractivity contribution is 0.721. The highest BCUT2D eigenvalue weighted by Crippen LogP contribution is 2.26. The Bertz CT molecular complexity index is 701. The summed E-state index contributed by atoms with van der Waals surface area (Å²) < 4.78 is 0. The number of anilines is 1. The molecule has 0 aliphatic carbocycles. The molecule has 106 valence electrons. The van der Waals surface area contributed by atoms with Gasteiger partial charge in [0.25, 0.3) is 0 Å². The van der Waals surface area contributed by atoms with Crippen LogP contribution in [-0.4, -0.2) is 15.2 Å². The topological polar surface area (TPSA) is 67.6 Å². The van der Waals surface area contributed by atoms with Gasteiger partial charge >= 0.3 is 0 Å². The third-order valence-corrected chi connectivity index (χ3v) is 3.61. The number of nitrogens with one attached hydrogen (secondary N) is 1. The van der Waals surface area contributed by atoms with Crippen molar-refractivity contribution in [3.05, 3.63) is 66.0 Å². The molecule has 21 heavy (non-hydrogen) atoms. The van der Waals surface area contributed by atoms with Crippen LogP contribution in [0.15, 0.2) is 54.6 Å². The fourth-order valence-electron chi connectivity index (χ4n) is 2.46. The maximum atomic E-state index is 5.71. The number of aromatic nitrogens is 3. The van der Waals surface area contributed by atoms with E-state index in [1.54, 1.807) is 0 Å². The summed E-state index contributed by atoms with van der Waals surface area (Å²) >= 11 is 0. The second-order valence-electron chi connectivity index (χ2n) is 5.04. The second kappa shape index (κ2) is 5.79. The first-order valence-corrected chi connectivity index (χ1v) is 7.11. The lowest BCUT2D eigenvalue weighted by Gasteiger charge is -2.11. The van der Waals surface area contributed by atoms with E-state index in [9.17, 15) is 0 Å². The van der Waals surface area contributed by atoms with Crippen molar-refractivity contribution in [3.8, 4) is 11.4 Å². The maximum Gasteiger partial charge on any atom is 0.181 e. The van der Waals surface area contributed by atoms with Crippen molar-refractivity contribution in [1.29, 1.82) is 0 Å². The van der Waals surface area contributed by atoms with Gasteiger partial charge < -0.3 is 5.73 Å². The van der Waals surface area contributed by atoms with Gasteiger partial charge in [-0.2, -0.15) is 5.10 Å². The number of rotatable bonds is 4. The summed E-state index contributed by atoms with van der Waals surface area (Å²) in [4.78, 5) is 4.65. The third-order valence-electron chi connectivity index (χ3n) is 3.61. The van der Waals surface area contributed by atoms with Crippen LogP contribution in [0.4, 0.5) is 5.69 Å². The summed E-state index contributed by atoms with van der Waals surface area (Å²) in [6.45, 7) is 2.16. The second-order valence-corrected chi connectivity index (χ2v) is 5.04. The highest BCUT2D eigenvalue weighted by atomic mass is 15.2. The molecule has 1 heterocycles. The van der Waals surface area contributed by atoms with Gasteiger partial charge in [0.1, 0.15) is 5.82 Å². The number of hydrogen-bond donors (Lipinski definition) is 2. The molecule has 4 heteroatoms. The number of nitrogens with two attached hydrogens (primary N) is 1. The third kappa shape index (κ3) is 2.79. The number of hydrogen-bond acceptors (Lipinski definition) is 3. The van der Waals surface area contributed by atoms with Crippen molar-refractivity contribution in [1.82, 2.24) is 15.2 Å². The average molecular weight is 278 g/mol. The monoisotopic (exact) mass is 278 g/mol. The molecule has 2 aromatic carbocycles. The van der Waals surface area contributed by atoms with Crippen LogP contribution in [0.5, 0.6) is 0 Å². The van der Waals surface area contributed by atoms with Crippen molar-refractivity contribution < 1.29 is 0 Å². The van der Waals surface area contributed by atoms with Gasteiger partial charge in [-0.05, 0) is 36.2 Å². The normalized spacial score (nSPS) is 12.2. The Balaban J connectivity index is 1.92. The van der Waals surface area contributed by atoms with E-state index in [0.717, 1.165) is 23.5 Å². The van der Waals surface area contributed by atoms with Gasteiger partial charge in [0, 0.05) is 17.2 Å². The largest absolute Gasteiger partial charge is 0.399 e. The number of benzene rings is 2. The zero-order valence-electron chi connectivity index (χ0n) is 12.0. The number of aromatic amines is 1. The van der Waals surface area contributed by atoms with Gasteiger partial charge in [-0.15, -0.1) is 0 Å². The molecule has 0 spiro atoms. The predicted molar refractivity (Wildman–Crippen MR) is 84.8 cm³/mol. The van der Waals surface area contributed by atoms with Gasteiger partial charge in [0.15, 0.2) is 5.82 Å². The number of nitrogen functional groups attached to an aromatic ring is 1. The minimum absolute atomic E-state index is 0.237. The van der Waals surface area contributed by atoms with E-state index >= 15 is 0 Å². The fourth-order valence-corrected chi connectivity index (χ4v) is 2.46. The van der Waals surface area contributed by atoms with Crippen LogP contribution < -0.4 is 5.73 Å². The predicted octanol–water partition coefficient (Wildman–Crippen LogP) is 3.60. The van der Waals surface area contributed by atoms with Gasteiger partial charge in [0.05, 0.1) is 0 Å². The molecular formula is C17H18N4. The zero-order chi connectivity index (χ0) is 14.7. The Hall–Kier alpha value is -2.62. The smallest absolute Gasteiger partial charge is 0.181 e. The SMILES string of the molecule is CCC(c1ccccc1)c1nc(-c2ccc(N)cc2)n[nH]1. The molecule has 3 N–H and O–H groups in total. The molecule has 1 atom stereocenters. The van der Waals surface area contributed by atoms with Crippen LogP contribution in [0.25, 0.3) is 11.4 Å². The molecule has 4 nitrogen and oxygen atoms in total. The van der Waals surface area contributed by atoms with E-state index in [0.29, 0.717) is 5.82 Å². The van der Waals surface area contributed by atoms with E-state index in [-0.39, 0.29) is 5.92 Å². The first-order valence-electron chi connectivity index (χ1n) is 7.11. The van der Waals surface area contributed by atoms with Crippen LogP contribution in [0, 0.1) is 0 Å². The van der Waals surface area contributed by atoms with Gasteiger partial charge in [-0.3, -0.25) is 5.10 Å². The lowest BCUT2D eigenvalue weighted by atomic mass is 9.96. The van der Waals surface area contributed by atoms with E-state index < -0.39 is 0 Å². The minimum atomic E-state index is 0.237. The van der Waals surface area contributed by atoms with Crippen molar-refractivity contribution >= 4 is 5.69 Å². The summed E-state index contributed by atoms with van der Waals surface area (Å²) in [5.41, 5.74) is 8.67. The van der Waals surface area contributed by atoms with Crippen molar-refractivity contribution in [2.24, 2.45) is 0 Å². The van der Waals surface area contributed by atoms with Crippen LogP contribution in [0.3, 0.4) is 0 Å². The van der Waals surface area contributed by atoms with Gasteiger partial charge in [-0.25, -0.2) is 4.98 Å². The summed E-state index contributed by atoms with van der Waals surface area (Å²) in [5.74, 6) is 1.84. The van der Waals surface area contributed by atoms with E-state index in [1.165, 1.54) is 5.56 Å². The van der Waals surface area contributed by atoms with Gasteiger partial charge in [-0.1, -0.05) is 37.3 Å². The molecule has 0 fully saturated rings. The molecule has 0 saturated carbocycles. The Morgan fingerprint density at radius 3 is 2.43 bits per heavy atom. The molecule has 3 aromatic rings. The molecule has 3 rings (SSSR count). The van der Waals surface area contributed by atoms with Crippen LogP contribution in [0.2, 0.25) is 0 Å². The van der Waals surface area contributed by atoms with Crippen LogP contribution >= 0.6 is 0 Å². The Morgan fingerprint density at radius 1 is 1.05 bits per heavy atom. The molecule has 1 aromatic heterocycles. The molecular weight excluding hydrogens is 260 g/mol. The molecule has 0 amide bonds. The maximum absolute atomic E-state index is 5.71. The van der Waals surface area contributed by atoms with Crippen molar-refractivity contribution in [2.75, 3.05) is 5.73 Å². The fraction of sp³-hybridized carbons (Fsp3) is 0.176. The Kier molecular flexibility index (Phi) is 3.69. The summed E-state index contributed by atoms with van der Waals surface area (Å²) in [6, 6.07) is 18.0. The molecule has 1 unspecified atom stereocenters. The van der Waals surface area contributed by atoms with E-state index in [2.05, 4.69) is 46.4 Å². The quantitative estimate of drug-likeness (QED) is 0.716. The van der Waals surface area contributed by atoms with E-state index in [1.807, 2.05) is 30.3 Å². The highest BCUT2D eigenvalue weighted by Gasteiger charge is 2.16. The minimum Gasteiger partial charge on any atom is -0.399 e. The molecule has 0 radical (unpaired) electrons. The zero-order valence-corrected chi connectivity index (χ0v) is 12.0. The Labute approximate surface area is 124 Å². The number of nitrogens with zero attached hydrogens (tertiary/aromatic N) is 2.